The number of halogens is 1. The van der Waals surface area contributed by atoms with Crippen LogP contribution in [0.1, 0.15) is 5.56 Å². The lowest BCUT2D eigenvalue weighted by molar-refractivity contribution is 0.412. The average Bonchev–Trinajstić information content (AvgIpc) is 3.00. The number of ether oxygens (including phenoxy) is 1. The summed E-state index contributed by atoms with van der Waals surface area (Å²) in [5.74, 6) is 0.476. The van der Waals surface area contributed by atoms with Crippen LogP contribution in [0.25, 0.3) is 17.3 Å². The lowest BCUT2D eigenvalue weighted by atomic mass is 10.2. The van der Waals surface area contributed by atoms with Gasteiger partial charge in [-0.1, -0.05) is 40.2 Å². The molecule has 0 aliphatic carbocycles. The van der Waals surface area contributed by atoms with Gasteiger partial charge in [0.05, 0.1) is 17.3 Å². The molecule has 5 nitrogen and oxygen atoms in total. The second kappa shape index (κ2) is 8.05. The molecule has 0 aliphatic rings. The number of aromatic nitrogens is 1. The van der Waals surface area contributed by atoms with E-state index in [4.69, 9.17) is 4.74 Å². The minimum absolute atomic E-state index is 0.126. The maximum Gasteiger partial charge on any atom is 0.273 e. The van der Waals surface area contributed by atoms with Crippen LogP contribution in [-0.4, -0.2) is 11.7 Å². The largest absolute Gasteiger partial charge is 0.495 e. The third kappa shape index (κ3) is 3.70. The Labute approximate surface area is 167 Å². The van der Waals surface area contributed by atoms with Gasteiger partial charge in [-0.2, -0.15) is 10.5 Å². The van der Waals surface area contributed by atoms with Crippen molar-refractivity contribution in [1.29, 1.82) is 10.5 Å². The van der Waals surface area contributed by atoms with Gasteiger partial charge in [-0.25, -0.2) is 0 Å². The second-order valence-corrected chi connectivity index (χ2v) is 7.32. The number of nitriles is 2. The van der Waals surface area contributed by atoms with Crippen LogP contribution in [-0.2, 0) is 0 Å². The summed E-state index contributed by atoms with van der Waals surface area (Å²) in [4.78, 5) is 13.1. The van der Waals surface area contributed by atoms with Crippen LogP contribution in [0.15, 0.2) is 57.8 Å². The summed E-state index contributed by atoms with van der Waals surface area (Å²) in [7, 11) is 1.50. The van der Waals surface area contributed by atoms with E-state index in [0.717, 1.165) is 21.4 Å². The summed E-state index contributed by atoms with van der Waals surface area (Å²) >= 11 is 4.48. The van der Waals surface area contributed by atoms with Gasteiger partial charge >= 0.3 is 0 Å². The van der Waals surface area contributed by atoms with Crippen LogP contribution in [0.2, 0.25) is 0 Å². The number of hydrogen-bond acceptors (Lipinski definition) is 5. The Morgan fingerprint density at radius 1 is 1.15 bits per heavy atom. The highest BCUT2D eigenvalue weighted by atomic mass is 79.9. The zero-order valence-electron chi connectivity index (χ0n) is 14.1. The summed E-state index contributed by atoms with van der Waals surface area (Å²) in [5, 5.41) is 18.7. The van der Waals surface area contributed by atoms with E-state index in [9.17, 15) is 15.3 Å². The molecule has 7 heteroatoms. The molecule has 1 heterocycles. The van der Waals surface area contributed by atoms with E-state index >= 15 is 0 Å². The topological polar surface area (TPSA) is 78.8 Å². The van der Waals surface area contributed by atoms with Crippen molar-refractivity contribution in [2.75, 3.05) is 7.11 Å². The molecule has 0 saturated heterocycles. The van der Waals surface area contributed by atoms with E-state index < -0.39 is 0 Å². The van der Waals surface area contributed by atoms with Crippen molar-refractivity contribution in [2.24, 2.45) is 0 Å². The predicted molar refractivity (Wildman–Crippen MR) is 108 cm³/mol. The number of para-hydroxylation sites is 2. The van der Waals surface area contributed by atoms with Gasteiger partial charge < -0.3 is 4.74 Å². The first-order valence-electron chi connectivity index (χ1n) is 7.76. The quantitative estimate of drug-likeness (QED) is 0.630. The highest BCUT2D eigenvalue weighted by molar-refractivity contribution is 9.10. The van der Waals surface area contributed by atoms with Crippen molar-refractivity contribution >= 4 is 38.9 Å². The second-order valence-electron chi connectivity index (χ2n) is 5.38. The molecule has 0 aliphatic heterocycles. The molecule has 0 unspecified atom stereocenters. The normalized spacial score (nSPS) is 10.9. The Morgan fingerprint density at radius 2 is 1.81 bits per heavy atom. The van der Waals surface area contributed by atoms with Gasteiger partial charge in [-0.3, -0.25) is 9.36 Å². The van der Waals surface area contributed by atoms with Crippen LogP contribution in [0.4, 0.5) is 0 Å². The smallest absolute Gasteiger partial charge is 0.273 e. The van der Waals surface area contributed by atoms with Gasteiger partial charge in [0.1, 0.15) is 22.6 Å². The van der Waals surface area contributed by atoms with Gasteiger partial charge in [0, 0.05) is 4.47 Å². The molecular weight excluding hydrogens is 426 g/mol. The molecule has 0 N–H and O–H groups in total. The van der Waals surface area contributed by atoms with E-state index in [2.05, 4.69) is 15.9 Å². The molecule has 1 aromatic heterocycles. The SMILES string of the molecule is COc1ccccc1-n1c(=C(C#N)C#N)s/c(=C/c2ccc(Br)cc2)c1=O. The molecular formula is C20H12BrN3O2S. The number of thiazole rings is 1. The minimum atomic E-state index is -0.314. The Hall–Kier alpha value is -3.13. The molecule has 3 rings (SSSR count). The van der Waals surface area contributed by atoms with Crippen molar-refractivity contribution in [1.82, 2.24) is 4.57 Å². The molecule has 0 radical (unpaired) electrons. The fourth-order valence-corrected chi connectivity index (χ4v) is 3.83. The monoisotopic (exact) mass is 437 g/mol. The number of rotatable bonds is 3. The Kier molecular flexibility index (Phi) is 5.56. The molecule has 0 atom stereocenters. The Morgan fingerprint density at radius 3 is 2.44 bits per heavy atom. The zero-order valence-corrected chi connectivity index (χ0v) is 16.5. The maximum absolute atomic E-state index is 13.1. The first-order valence-corrected chi connectivity index (χ1v) is 9.37. The summed E-state index contributed by atoms with van der Waals surface area (Å²) in [5.41, 5.74) is 0.879. The van der Waals surface area contributed by atoms with Crippen molar-refractivity contribution in [3.8, 4) is 23.6 Å². The fourth-order valence-electron chi connectivity index (χ4n) is 2.51. The number of methoxy groups -OCH3 is 1. The van der Waals surface area contributed by atoms with Gasteiger partial charge in [0.25, 0.3) is 5.56 Å². The summed E-state index contributed by atoms with van der Waals surface area (Å²) in [6, 6.07) is 18.2. The van der Waals surface area contributed by atoms with Crippen LogP contribution in [0, 0.1) is 22.7 Å². The predicted octanol–water partition coefficient (Wildman–Crippen LogP) is 2.70. The van der Waals surface area contributed by atoms with E-state index in [0.29, 0.717) is 16.0 Å². The van der Waals surface area contributed by atoms with Gasteiger partial charge in [0.2, 0.25) is 0 Å². The molecule has 0 spiro atoms. The van der Waals surface area contributed by atoms with E-state index in [-0.39, 0.29) is 15.8 Å². The molecule has 0 saturated carbocycles. The van der Waals surface area contributed by atoms with Crippen molar-refractivity contribution in [3.63, 3.8) is 0 Å². The lowest BCUT2D eigenvalue weighted by Gasteiger charge is -2.08. The van der Waals surface area contributed by atoms with Crippen LogP contribution in [0.5, 0.6) is 5.75 Å². The van der Waals surface area contributed by atoms with Crippen LogP contribution >= 0.6 is 27.3 Å². The zero-order chi connectivity index (χ0) is 19.4. The van der Waals surface area contributed by atoms with Gasteiger partial charge in [-0.15, -0.1) is 11.3 Å². The number of hydrogen-bond donors (Lipinski definition) is 0. The van der Waals surface area contributed by atoms with E-state index in [1.54, 1.807) is 30.3 Å². The molecule has 27 heavy (non-hydrogen) atoms. The van der Waals surface area contributed by atoms with Gasteiger partial charge in [-0.05, 0) is 35.9 Å². The molecule has 0 bridgehead atoms. The highest BCUT2D eigenvalue weighted by Crippen LogP contribution is 2.19. The maximum atomic E-state index is 13.1. The minimum Gasteiger partial charge on any atom is -0.495 e. The standard InChI is InChI=1S/C20H12BrN3O2S/c1-26-17-5-3-2-4-16(17)24-19(25)18(27-20(24)14(11-22)12-23)10-13-6-8-15(21)9-7-13/h2-10H,1H3/b18-10+. The summed E-state index contributed by atoms with van der Waals surface area (Å²) < 4.78 is 8.34. The molecule has 0 fully saturated rings. The first-order chi connectivity index (χ1) is 13.1. The summed E-state index contributed by atoms with van der Waals surface area (Å²) in [6.45, 7) is 0. The van der Waals surface area contributed by atoms with Crippen molar-refractivity contribution in [2.45, 2.75) is 0 Å². The highest BCUT2D eigenvalue weighted by Gasteiger charge is 2.14. The third-order valence-corrected chi connectivity index (χ3v) is 5.38. The average molecular weight is 438 g/mol. The number of benzene rings is 2. The van der Waals surface area contributed by atoms with Gasteiger partial charge in [0.15, 0.2) is 5.57 Å². The molecule has 3 aromatic rings. The van der Waals surface area contributed by atoms with Crippen LogP contribution < -0.4 is 19.5 Å². The molecule has 132 valence electrons. The van der Waals surface area contributed by atoms with E-state index in [1.807, 2.05) is 36.4 Å². The summed E-state index contributed by atoms with van der Waals surface area (Å²) in [6.07, 6.45) is 1.74. The third-order valence-electron chi connectivity index (χ3n) is 3.75. The van der Waals surface area contributed by atoms with E-state index in [1.165, 1.54) is 11.7 Å². The van der Waals surface area contributed by atoms with Crippen LogP contribution in [0.3, 0.4) is 0 Å². The lowest BCUT2D eigenvalue weighted by Crippen LogP contribution is -2.31. The van der Waals surface area contributed by atoms with Crippen molar-refractivity contribution in [3.05, 3.63) is 78.1 Å². The fraction of sp³-hybridized carbons (Fsp3) is 0.0500. The number of nitrogens with zero attached hydrogens (tertiary/aromatic N) is 3. The Bertz CT molecular complexity index is 1240. The Balaban J connectivity index is 2.41. The molecule has 2 aromatic carbocycles. The molecule has 0 amide bonds. The van der Waals surface area contributed by atoms with Crippen molar-refractivity contribution < 1.29 is 4.74 Å². The first kappa shape index (κ1) is 18.7.